The molecule has 0 saturated carbocycles. The molecule has 0 radical (unpaired) electrons. The van der Waals surface area contributed by atoms with Crippen molar-refractivity contribution in [2.45, 2.75) is 6.42 Å². The summed E-state index contributed by atoms with van der Waals surface area (Å²) in [7, 11) is 1.60. The molecule has 0 spiro atoms. The molecule has 5 nitrogen and oxygen atoms in total. The molecule has 1 aliphatic rings. The first-order valence-electron chi connectivity index (χ1n) is 8.21. The van der Waals surface area contributed by atoms with Crippen LogP contribution in [0.2, 0.25) is 0 Å². The number of amides is 1. The maximum Gasteiger partial charge on any atom is 0.228 e. The topological polar surface area (TPSA) is 50.8 Å². The molecule has 1 amide bonds. The Hall–Kier alpha value is -2.60. The van der Waals surface area contributed by atoms with Gasteiger partial charge in [-0.25, -0.2) is 4.39 Å². The number of nitrogens with zero attached hydrogens (tertiary/aromatic N) is 1. The second-order valence-corrected chi connectivity index (χ2v) is 5.83. The Balaban J connectivity index is 1.72. The van der Waals surface area contributed by atoms with E-state index in [4.69, 9.17) is 9.47 Å². The van der Waals surface area contributed by atoms with E-state index >= 15 is 0 Å². The van der Waals surface area contributed by atoms with Gasteiger partial charge in [-0.1, -0.05) is 12.1 Å². The Morgan fingerprint density at radius 2 is 1.92 bits per heavy atom. The number of hydrogen-bond donors (Lipinski definition) is 1. The van der Waals surface area contributed by atoms with Crippen molar-refractivity contribution >= 4 is 17.3 Å². The van der Waals surface area contributed by atoms with Crippen molar-refractivity contribution in [2.24, 2.45) is 0 Å². The van der Waals surface area contributed by atoms with Gasteiger partial charge in [0.1, 0.15) is 11.6 Å². The summed E-state index contributed by atoms with van der Waals surface area (Å²) in [4.78, 5) is 14.5. The summed E-state index contributed by atoms with van der Waals surface area (Å²) in [6.07, 6.45) is 0.211. The van der Waals surface area contributed by atoms with E-state index in [2.05, 4.69) is 10.2 Å². The Morgan fingerprint density at radius 1 is 1.20 bits per heavy atom. The molecule has 132 valence electrons. The number of ether oxygens (including phenoxy) is 2. The molecule has 6 heteroatoms. The lowest BCUT2D eigenvalue weighted by Crippen LogP contribution is -2.36. The quantitative estimate of drug-likeness (QED) is 0.906. The van der Waals surface area contributed by atoms with E-state index in [9.17, 15) is 9.18 Å². The molecule has 1 heterocycles. The fourth-order valence-electron chi connectivity index (χ4n) is 2.81. The van der Waals surface area contributed by atoms with E-state index in [0.717, 1.165) is 17.0 Å². The van der Waals surface area contributed by atoms with Crippen LogP contribution in [-0.4, -0.2) is 39.3 Å². The number of rotatable bonds is 5. The number of halogens is 1. The number of nitrogens with one attached hydrogen (secondary N) is 1. The number of anilines is 2. The van der Waals surface area contributed by atoms with E-state index in [1.165, 1.54) is 12.1 Å². The van der Waals surface area contributed by atoms with Crippen LogP contribution >= 0.6 is 0 Å². The van der Waals surface area contributed by atoms with Gasteiger partial charge in [-0.3, -0.25) is 4.79 Å². The van der Waals surface area contributed by atoms with Crippen molar-refractivity contribution in [3.63, 3.8) is 0 Å². The lowest BCUT2D eigenvalue weighted by molar-refractivity contribution is -0.115. The van der Waals surface area contributed by atoms with Crippen LogP contribution in [-0.2, 0) is 16.0 Å². The minimum Gasteiger partial charge on any atom is -0.497 e. The molecule has 25 heavy (non-hydrogen) atoms. The summed E-state index contributed by atoms with van der Waals surface area (Å²) in [6.45, 7) is 2.67. The summed E-state index contributed by atoms with van der Waals surface area (Å²) < 4.78 is 24.1. The molecular weight excluding hydrogens is 323 g/mol. The van der Waals surface area contributed by atoms with Crippen LogP contribution in [0, 0.1) is 5.82 Å². The maximum atomic E-state index is 13.7. The largest absolute Gasteiger partial charge is 0.497 e. The number of benzene rings is 2. The zero-order chi connectivity index (χ0) is 17.6. The maximum absolute atomic E-state index is 13.7. The second kappa shape index (κ2) is 7.98. The van der Waals surface area contributed by atoms with Gasteiger partial charge in [0.25, 0.3) is 0 Å². The van der Waals surface area contributed by atoms with Crippen molar-refractivity contribution in [3.05, 3.63) is 53.8 Å². The van der Waals surface area contributed by atoms with Crippen LogP contribution in [0.5, 0.6) is 5.75 Å². The molecule has 0 aromatic heterocycles. The molecule has 1 aliphatic heterocycles. The molecular formula is C19H21FN2O3. The average molecular weight is 344 g/mol. The minimum atomic E-state index is -0.378. The Morgan fingerprint density at radius 3 is 2.60 bits per heavy atom. The van der Waals surface area contributed by atoms with E-state index < -0.39 is 0 Å². The predicted octanol–water partition coefficient (Wildman–Crippen LogP) is 2.85. The van der Waals surface area contributed by atoms with Crippen molar-refractivity contribution in [1.29, 1.82) is 0 Å². The Labute approximate surface area is 146 Å². The molecule has 3 rings (SSSR count). The van der Waals surface area contributed by atoms with Crippen LogP contribution in [0.15, 0.2) is 42.5 Å². The molecule has 1 saturated heterocycles. The predicted molar refractivity (Wildman–Crippen MR) is 94.8 cm³/mol. The highest BCUT2D eigenvalue weighted by Crippen LogP contribution is 2.28. The van der Waals surface area contributed by atoms with Gasteiger partial charge in [-0.2, -0.15) is 0 Å². The third-order valence-electron chi connectivity index (χ3n) is 4.11. The van der Waals surface area contributed by atoms with Crippen LogP contribution in [0.1, 0.15) is 5.56 Å². The third kappa shape index (κ3) is 4.48. The van der Waals surface area contributed by atoms with Gasteiger partial charge in [0.15, 0.2) is 0 Å². The third-order valence-corrected chi connectivity index (χ3v) is 4.11. The van der Waals surface area contributed by atoms with Gasteiger partial charge in [-0.05, 0) is 35.9 Å². The Bertz CT molecular complexity index is 728. The summed E-state index contributed by atoms with van der Waals surface area (Å²) in [5.74, 6) is 0.172. The minimum absolute atomic E-state index is 0.190. The van der Waals surface area contributed by atoms with Gasteiger partial charge in [0.05, 0.1) is 38.1 Å². The fraction of sp³-hybridized carbons (Fsp3) is 0.316. The molecule has 1 N–H and O–H groups in total. The lowest BCUT2D eigenvalue weighted by Gasteiger charge is -2.30. The van der Waals surface area contributed by atoms with Gasteiger partial charge in [0.2, 0.25) is 5.91 Å². The fourth-order valence-corrected chi connectivity index (χ4v) is 2.81. The van der Waals surface area contributed by atoms with Crippen molar-refractivity contribution in [2.75, 3.05) is 43.6 Å². The average Bonchev–Trinajstić information content (AvgIpc) is 2.63. The molecule has 2 aromatic rings. The van der Waals surface area contributed by atoms with Crippen LogP contribution in [0.25, 0.3) is 0 Å². The van der Waals surface area contributed by atoms with Gasteiger partial charge < -0.3 is 19.7 Å². The van der Waals surface area contributed by atoms with Crippen LogP contribution in [0.3, 0.4) is 0 Å². The van der Waals surface area contributed by atoms with Crippen molar-refractivity contribution in [1.82, 2.24) is 0 Å². The van der Waals surface area contributed by atoms with E-state index in [1.807, 2.05) is 24.3 Å². The highest BCUT2D eigenvalue weighted by Gasteiger charge is 2.17. The van der Waals surface area contributed by atoms with Crippen molar-refractivity contribution in [3.8, 4) is 5.75 Å². The van der Waals surface area contributed by atoms with E-state index in [-0.39, 0.29) is 18.1 Å². The van der Waals surface area contributed by atoms with E-state index in [1.54, 1.807) is 13.2 Å². The summed E-state index contributed by atoms with van der Waals surface area (Å²) in [5, 5.41) is 2.83. The zero-order valence-electron chi connectivity index (χ0n) is 14.1. The molecule has 0 atom stereocenters. The number of hydrogen-bond acceptors (Lipinski definition) is 4. The molecule has 2 aromatic carbocycles. The standard InChI is InChI=1S/C19H21FN2O3/c1-24-16-5-2-14(3-6-16)12-19(23)21-17-13-15(20)4-7-18(17)22-8-10-25-11-9-22/h2-7,13H,8-12H2,1H3,(H,21,23). The van der Waals surface area contributed by atoms with Gasteiger partial charge in [0, 0.05) is 13.1 Å². The summed E-state index contributed by atoms with van der Waals surface area (Å²) in [6, 6.07) is 11.8. The monoisotopic (exact) mass is 344 g/mol. The van der Waals surface area contributed by atoms with Crippen molar-refractivity contribution < 1.29 is 18.7 Å². The highest BCUT2D eigenvalue weighted by atomic mass is 19.1. The van der Waals surface area contributed by atoms with Crippen LogP contribution < -0.4 is 15.0 Å². The highest BCUT2D eigenvalue weighted by molar-refractivity contribution is 5.95. The summed E-state index contributed by atoms with van der Waals surface area (Å²) in [5.41, 5.74) is 2.16. The number of carbonyl (C=O) groups is 1. The number of methoxy groups -OCH3 is 1. The zero-order valence-corrected chi connectivity index (χ0v) is 14.1. The van der Waals surface area contributed by atoms with Gasteiger partial charge in [-0.15, -0.1) is 0 Å². The van der Waals surface area contributed by atoms with Crippen LogP contribution in [0.4, 0.5) is 15.8 Å². The normalized spacial score (nSPS) is 14.2. The SMILES string of the molecule is COc1ccc(CC(=O)Nc2cc(F)ccc2N2CCOCC2)cc1. The van der Waals surface area contributed by atoms with Gasteiger partial charge >= 0.3 is 0 Å². The first-order chi connectivity index (χ1) is 12.2. The smallest absolute Gasteiger partial charge is 0.228 e. The second-order valence-electron chi connectivity index (χ2n) is 5.83. The molecule has 0 unspecified atom stereocenters. The first kappa shape index (κ1) is 17.2. The Kier molecular flexibility index (Phi) is 5.50. The van der Waals surface area contributed by atoms with E-state index in [0.29, 0.717) is 32.0 Å². The number of morpholine rings is 1. The summed E-state index contributed by atoms with van der Waals surface area (Å²) >= 11 is 0. The molecule has 0 aliphatic carbocycles. The first-order valence-corrected chi connectivity index (χ1v) is 8.21. The molecule has 0 bridgehead atoms. The number of carbonyl (C=O) groups excluding carboxylic acids is 1. The lowest BCUT2D eigenvalue weighted by atomic mass is 10.1. The molecule has 1 fully saturated rings.